The molecule has 0 fully saturated rings. The van der Waals surface area contributed by atoms with Crippen molar-refractivity contribution in [1.29, 1.82) is 0 Å². The molecule has 0 radical (unpaired) electrons. The number of rotatable bonds is 4. The fourth-order valence-corrected chi connectivity index (χ4v) is 2.17. The van der Waals surface area contributed by atoms with Gasteiger partial charge in [-0.15, -0.1) is 0 Å². The molecule has 0 aliphatic rings. The predicted molar refractivity (Wildman–Crippen MR) is 74.1 cm³/mol. The number of carbonyl (C=O) groups excluding carboxylic acids is 1. The maximum absolute atomic E-state index is 11.3. The van der Waals surface area contributed by atoms with Crippen molar-refractivity contribution in [3.63, 3.8) is 0 Å². The first-order valence-electron chi connectivity index (χ1n) is 6.05. The van der Waals surface area contributed by atoms with E-state index < -0.39 is 0 Å². The molecule has 0 aliphatic heterocycles. The summed E-state index contributed by atoms with van der Waals surface area (Å²) in [4.78, 5) is 11.3. The number of carbonyl (C=O) groups is 1. The monoisotopic (exact) mass is 294 g/mol. The summed E-state index contributed by atoms with van der Waals surface area (Å²) in [6.07, 6.45) is 0.160. The van der Waals surface area contributed by atoms with E-state index >= 15 is 0 Å². The largest absolute Gasteiger partial charge is 1.00 e. The van der Waals surface area contributed by atoms with Gasteiger partial charge in [0.1, 0.15) is 5.75 Å². The van der Waals surface area contributed by atoms with Gasteiger partial charge in [0.25, 0.3) is 0 Å². The number of fused-ring (bicyclic) bond motifs is 1. The summed E-state index contributed by atoms with van der Waals surface area (Å²) in [7, 11) is 3.00. The number of esters is 1. The van der Waals surface area contributed by atoms with Gasteiger partial charge in [0.05, 0.1) is 20.6 Å². The van der Waals surface area contributed by atoms with Gasteiger partial charge in [-0.05, 0) is 17.0 Å². The van der Waals surface area contributed by atoms with E-state index in [0.717, 1.165) is 22.1 Å². The molecule has 2 N–H and O–H groups in total. The van der Waals surface area contributed by atoms with E-state index in [4.69, 9.17) is 10.5 Å². The molecular weight excluding hydrogens is 278 g/mol. The van der Waals surface area contributed by atoms with Gasteiger partial charge in [0, 0.05) is 11.4 Å². The number of hydrogen-bond donors (Lipinski definition) is 1. The molecule has 2 aromatic rings. The molecule has 0 saturated heterocycles. The van der Waals surface area contributed by atoms with E-state index in [0.29, 0.717) is 0 Å². The first-order valence-corrected chi connectivity index (χ1v) is 6.05. The first kappa shape index (κ1) is 16.3. The van der Waals surface area contributed by atoms with Crippen LogP contribution >= 0.6 is 0 Å². The summed E-state index contributed by atoms with van der Waals surface area (Å²) in [6, 6.07) is 11.2. The molecule has 0 amide bonds. The lowest BCUT2D eigenvalue weighted by Gasteiger charge is -2.15. The summed E-state index contributed by atoms with van der Waals surface area (Å²) in [5.41, 5.74) is 7.01. The molecule has 1 atom stereocenters. The van der Waals surface area contributed by atoms with Crippen LogP contribution in [0.3, 0.4) is 0 Å². The zero-order chi connectivity index (χ0) is 13.8. The highest BCUT2D eigenvalue weighted by Gasteiger charge is 2.15. The molecule has 0 spiro atoms. The van der Waals surface area contributed by atoms with E-state index in [1.54, 1.807) is 7.11 Å². The maximum Gasteiger partial charge on any atom is 0.307 e. The average molecular weight is 295 g/mol. The van der Waals surface area contributed by atoms with Crippen molar-refractivity contribution >= 4 is 16.7 Å². The standard InChI is InChI=1S/C15H17NO3.ClH/c1-18-14-8-7-11(13(16)9-15(17)19-2)10-5-3-4-6-12(10)14;/h3-8,13H,9,16H2,1-2H3;1H/p-1. The third-order valence-corrected chi connectivity index (χ3v) is 3.15. The molecule has 0 bridgehead atoms. The van der Waals surface area contributed by atoms with E-state index in [-0.39, 0.29) is 30.8 Å². The Morgan fingerprint density at radius 2 is 1.80 bits per heavy atom. The maximum atomic E-state index is 11.3. The van der Waals surface area contributed by atoms with E-state index in [1.807, 2.05) is 36.4 Å². The topological polar surface area (TPSA) is 61.5 Å². The van der Waals surface area contributed by atoms with Crippen LogP contribution in [-0.2, 0) is 9.53 Å². The van der Waals surface area contributed by atoms with E-state index in [1.165, 1.54) is 7.11 Å². The molecule has 1 unspecified atom stereocenters. The van der Waals surface area contributed by atoms with Crippen LogP contribution in [0.2, 0.25) is 0 Å². The Morgan fingerprint density at radius 3 is 2.40 bits per heavy atom. The van der Waals surface area contributed by atoms with Crippen molar-refractivity contribution in [2.24, 2.45) is 5.73 Å². The minimum atomic E-state index is -0.386. The Kier molecular flexibility index (Phi) is 5.80. The summed E-state index contributed by atoms with van der Waals surface area (Å²) in [6.45, 7) is 0. The van der Waals surface area contributed by atoms with Crippen molar-refractivity contribution in [2.45, 2.75) is 12.5 Å². The molecule has 108 valence electrons. The van der Waals surface area contributed by atoms with Crippen LogP contribution in [0.5, 0.6) is 5.75 Å². The molecule has 4 nitrogen and oxygen atoms in total. The van der Waals surface area contributed by atoms with Gasteiger partial charge in [-0.3, -0.25) is 4.79 Å². The summed E-state index contributed by atoms with van der Waals surface area (Å²) >= 11 is 0. The van der Waals surface area contributed by atoms with Crippen LogP contribution in [0.1, 0.15) is 18.0 Å². The highest BCUT2D eigenvalue weighted by atomic mass is 35.5. The second-order valence-corrected chi connectivity index (χ2v) is 4.29. The minimum Gasteiger partial charge on any atom is -1.00 e. The highest BCUT2D eigenvalue weighted by molar-refractivity contribution is 5.91. The Labute approximate surface area is 124 Å². The van der Waals surface area contributed by atoms with Gasteiger partial charge in [-0.2, -0.15) is 0 Å². The SMILES string of the molecule is COC(=O)CC(N)c1ccc(OC)c2ccccc12.[Cl-]. The van der Waals surface area contributed by atoms with Gasteiger partial charge < -0.3 is 27.6 Å². The van der Waals surface area contributed by atoms with Gasteiger partial charge in [0.15, 0.2) is 0 Å². The van der Waals surface area contributed by atoms with E-state index in [2.05, 4.69) is 4.74 Å². The summed E-state index contributed by atoms with van der Waals surface area (Å²) in [5.74, 6) is 0.483. The third-order valence-electron chi connectivity index (χ3n) is 3.15. The number of halogens is 1. The number of benzene rings is 2. The summed E-state index contributed by atoms with van der Waals surface area (Å²) < 4.78 is 9.99. The van der Waals surface area contributed by atoms with E-state index in [9.17, 15) is 4.79 Å². The molecule has 2 rings (SSSR count). The minimum absolute atomic E-state index is 0. The first-order chi connectivity index (χ1) is 9.17. The molecule has 5 heteroatoms. The van der Waals surface area contributed by atoms with Crippen molar-refractivity contribution < 1.29 is 26.7 Å². The molecule has 0 aromatic heterocycles. The molecule has 20 heavy (non-hydrogen) atoms. The number of hydrogen-bond acceptors (Lipinski definition) is 4. The number of nitrogens with two attached hydrogens (primary N) is 1. The van der Waals surface area contributed by atoms with Crippen LogP contribution < -0.4 is 22.9 Å². The third kappa shape index (κ3) is 3.21. The second-order valence-electron chi connectivity index (χ2n) is 4.29. The fraction of sp³-hybridized carbons (Fsp3) is 0.267. The lowest BCUT2D eigenvalue weighted by molar-refractivity contribution is -0.141. The Morgan fingerprint density at radius 1 is 1.15 bits per heavy atom. The van der Waals surface area contributed by atoms with Crippen LogP contribution in [0.25, 0.3) is 10.8 Å². The second kappa shape index (κ2) is 7.12. The van der Waals surface area contributed by atoms with Crippen LogP contribution in [0.4, 0.5) is 0 Å². The smallest absolute Gasteiger partial charge is 0.307 e. The van der Waals surface area contributed by atoms with Gasteiger partial charge >= 0.3 is 5.97 Å². The van der Waals surface area contributed by atoms with Crippen LogP contribution in [0.15, 0.2) is 36.4 Å². The Balaban J connectivity index is 0.00000200. The Bertz CT molecular complexity index is 601. The highest BCUT2D eigenvalue weighted by Crippen LogP contribution is 2.31. The van der Waals surface area contributed by atoms with Gasteiger partial charge in [-0.1, -0.05) is 30.3 Å². The molecule has 0 aliphatic carbocycles. The molecule has 0 saturated carbocycles. The van der Waals surface area contributed by atoms with Crippen LogP contribution in [0, 0.1) is 0 Å². The van der Waals surface area contributed by atoms with Gasteiger partial charge in [0.2, 0.25) is 0 Å². The van der Waals surface area contributed by atoms with Crippen LogP contribution in [-0.4, -0.2) is 20.2 Å². The number of ether oxygens (including phenoxy) is 2. The van der Waals surface area contributed by atoms with Crippen molar-refractivity contribution in [3.05, 3.63) is 42.0 Å². The fourth-order valence-electron chi connectivity index (χ4n) is 2.17. The molecule has 0 heterocycles. The van der Waals surface area contributed by atoms with Crippen molar-refractivity contribution in [3.8, 4) is 5.75 Å². The lowest BCUT2D eigenvalue weighted by Crippen LogP contribution is -3.00. The molecule has 2 aromatic carbocycles. The van der Waals surface area contributed by atoms with Crippen molar-refractivity contribution in [2.75, 3.05) is 14.2 Å². The van der Waals surface area contributed by atoms with Gasteiger partial charge in [-0.25, -0.2) is 0 Å². The zero-order valence-electron chi connectivity index (χ0n) is 11.4. The average Bonchev–Trinajstić information content (AvgIpc) is 2.45. The summed E-state index contributed by atoms with van der Waals surface area (Å²) in [5, 5.41) is 1.99. The zero-order valence-corrected chi connectivity index (χ0v) is 12.2. The predicted octanol–water partition coefficient (Wildman–Crippen LogP) is -0.585. The lowest BCUT2D eigenvalue weighted by atomic mass is 9.97. The molecular formula is C15H17ClNO3-. The normalized spacial score (nSPS) is 11.6. The van der Waals surface area contributed by atoms with Crippen molar-refractivity contribution in [1.82, 2.24) is 0 Å². The Hall–Kier alpha value is -1.78. The number of methoxy groups -OCH3 is 2. The quantitative estimate of drug-likeness (QED) is 0.766.